The third-order valence-electron chi connectivity index (χ3n) is 1.63. The molecule has 1 rings (SSSR count). The number of aromatic hydroxyl groups is 1. The van der Waals surface area contributed by atoms with Gasteiger partial charge in [0.1, 0.15) is 12.4 Å². The molecule has 0 saturated carbocycles. The average molecular weight is 210 g/mol. The summed E-state index contributed by atoms with van der Waals surface area (Å²) in [5.41, 5.74) is 5.74. The van der Waals surface area contributed by atoms with Crippen molar-refractivity contribution in [3.63, 3.8) is 0 Å². The zero-order valence-electron chi connectivity index (χ0n) is 8.27. The Morgan fingerprint density at radius 3 is 3.00 bits per heavy atom. The normalized spacial score (nSPS) is 9.93. The average Bonchev–Trinajstić information content (AvgIpc) is 2.18. The lowest BCUT2D eigenvalue weighted by atomic mass is 10.3. The monoisotopic (exact) mass is 210 g/mol. The summed E-state index contributed by atoms with van der Waals surface area (Å²) < 4.78 is 4.95. The van der Waals surface area contributed by atoms with Gasteiger partial charge in [0, 0.05) is 18.3 Å². The molecule has 1 amide bonds. The third kappa shape index (κ3) is 4.44. The molecule has 0 unspecified atom stereocenters. The molecule has 0 fully saturated rings. The molecular weight excluding hydrogens is 196 g/mol. The van der Waals surface area contributed by atoms with Gasteiger partial charge in [-0.25, -0.2) is 0 Å². The van der Waals surface area contributed by atoms with Crippen molar-refractivity contribution in [1.29, 1.82) is 0 Å². The predicted octanol–water partition coefficient (Wildman–Crippen LogP) is 0.306. The number of hydrogen-bond donors (Lipinski definition) is 3. The van der Waals surface area contributed by atoms with E-state index in [0.717, 1.165) is 0 Å². The van der Waals surface area contributed by atoms with E-state index < -0.39 is 0 Å². The number of anilines is 1. The van der Waals surface area contributed by atoms with Crippen LogP contribution in [0.15, 0.2) is 24.3 Å². The van der Waals surface area contributed by atoms with Gasteiger partial charge in [-0.05, 0) is 12.1 Å². The molecule has 0 aliphatic carbocycles. The van der Waals surface area contributed by atoms with Gasteiger partial charge in [-0.15, -0.1) is 0 Å². The second-order valence-corrected chi connectivity index (χ2v) is 2.94. The first kappa shape index (κ1) is 11.5. The van der Waals surface area contributed by atoms with Crippen LogP contribution in [0, 0.1) is 0 Å². The van der Waals surface area contributed by atoms with Crippen LogP contribution in [0.4, 0.5) is 5.69 Å². The standard InChI is InChI=1S/C10H14N2O3/c11-4-5-15-7-10(14)12-8-2-1-3-9(13)6-8/h1-3,6,13H,4-5,7,11H2,(H,12,14). The molecule has 0 aliphatic heterocycles. The number of carbonyl (C=O) groups excluding carboxylic acids is 1. The second kappa shape index (κ2) is 6.00. The molecule has 5 nitrogen and oxygen atoms in total. The molecule has 0 bridgehead atoms. The van der Waals surface area contributed by atoms with Gasteiger partial charge in [-0.3, -0.25) is 4.79 Å². The van der Waals surface area contributed by atoms with Crippen LogP contribution in [-0.2, 0) is 9.53 Å². The van der Waals surface area contributed by atoms with E-state index in [1.807, 2.05) is 0 Å². The van der Waals surface area contributed by atoms with E-state index in [0.29, 0.717) is 18.8 Å². The lowest BCUT2D eigenvalue weighted by Crippen LogP contribution is -2.20. The van der Waals surface area contributed by atoms with Crippen molar-refractivity contribution in [3.05, 3.63) is 24.3 Å². The summed E-state index contributed by atoms with van der Waals surface area (Å²) in [6.07, 6.45) is 0. The summed E-state index contributed by atoms with van der Waals surface area (Å²) in [6.45, 7) is 0.708. The molecule has 0 saturated heterocycles. The number of carbonyl (C=O) groups is 1. The Labute approximate surface area is 87.9 Å². The van der Waals surface area contributed by atoms with Crippen molar-refractivity contribution in [1.82, 2.24) is 0 Å². The zero-order valence-corrected chi connectivity index (χ0v) is 8.27. The number of amides is 1. The molecule has 0 atom stereocenters. The van der Waals surface area contributed by atoms with Crippen LogP contribution >= 0.6 is 0 Å². The van der Waals surface area contributed by atoms with E-state index in [1.165, 1.54) is 12.1 Å². The van der Waals surface area contributed by atoms with Gasteiger partial charge in [0.15, 0.2) is 0 Å². The minimum absolute atomic E-state index is 0.0349. The fraction of sp³-hybridized carbons (Fsp3) is 0.300. The Morgan fingerprint density at radius 1 is 1.53 bits per heavy atom. The van der Waals surface area contributed by atoms with E-state index in [4.69, 9.17) is 15.6 Å². The molecule has 5 heteroatoms. The number of phenols is 1. The first-order valence-electron chi connectivity index (χ1n) is 4.59. The highest BCUT2D eigenvalue weighted by Crippen LogP contribution is 2.14. The van der Waals surface area contributed by atoms with Gasteiger partial charge in [-0.2, -0.15) is 0 Å². The largest absolute Gasteiger partial charge is 0.508 e. The van der Waals surface area contributed by atoms with Crippen molar-refractivity contribution in [2.45, 2.75) is 0 Å². The highest BCUT2D eigenvalue weighted by molar-refractivity contribution is 5.91. The van der Waals surface area contributed by atoms with Crippen LogP contribution < -0.4 is 11.1 Å². The van der Waals surface area contributed by atoms with Crippen LogP contribution in [0.1, 0.15) is 0 Å². The van der Waals surface area contributed by atoms with E-state index in [-0.39, 0.29) is 18.3 Å². The number of nitrogens with one attached hydrogen (secondary N) is 1. The second-order valence-electron chi connectivity index (χ2n) is 2.94. The molecule has 0 radical (unpaired) electrons. The van der Waals surface area contributed by atoms with Gasteiger partial charge in [0.05, 0.1) is 6.61 Å². The van der Waals surface area contributed by atoms with Crippen LogP contribution in [-0.4, -0.2) is 30.8 Å². The fourth-order valence-electron chi connectivity index (χ4n) is 1.03. The number of benzene rings is 1. The van der Waals surface area contributed by atoms with Crippen molar-refractivity contribution < 1.29 is 14.6 Å². The summed E-state index contributed by atoms with van der Waals surface area (Å²) in [6, 6.07) is 6.31. The molecule has 82 valence electrons. The van der Waals surface area contributed by atoms with Crippen LogP contribution in [0.25, 0.3) is 0 Å². The van der Waals surface area contributed by atoms with E-state index in [9.17, 15) is 4.79 Å². The number of ether oxygens (including phenoxy) is 1. The van der Waals surface area contributed by atoms with Gasteiger partial charge >= 0.3 is 0 Å². The molecule has 1 aromatic carbocycles. The van der Waals surface area contributed by atoms with Crippen molar-refractivity contribution in [2.24, 2.45) is 5.73 Å². The molecule has 15 heavy (non-hydrogen) atoms. The topological polar surface area (TPSA) is 84.6 Å². The maximum Gasteiger partial charge on any atom is 0.250 e. The van der Waals surface area contributed by atoms with Gasteiger partial charge in [0.25, 0.3) is 0 Å². The molecular formula is C10H14N2O3. The van der Waals surface area contributed by atoms with Crippen LogP contribution in [0.3, 0.4) is 0 Å². The Morgan fingerprint density at radius 2 is 2.33 bits per heavy atom. The Bertz CT molecular complexity index is 328. The van der Waals surface area contributed by atoms with Crippen LogP contribution in [0.5, 0.6) is 5.75 Å². The first-order chi connectivity index (χ1) is 7.22. The van der Waals surface area contributed by atoms with Gasteiger partial charge in [0.2, 0.25) is 5.91 Å². The van der Waals surface area contributed by atoms with Gasteiger partial charge in [-0.1, -0.05) is 6.07 Å². The highest BCUT2D eigenvalue weighted by Gasteiger charge is 2.02. The first-order valence-corrected chi connectivity index (χ1v) is 4.59. The molecule has 0 aromatic heterocycles. The molecule has 1 aromatic rings. The fourth-order valence-corrected chi connectivity index (χ4v) is 1.03. The summed E-state index contributed by atoms with van der Waals surface area (Å²) in [5.74, 6) is -0.162. The van der Waals surface area contributed by atoms with Crippen LogP contribution in [0.2, 0.25) is 0 Å². The maximum absolute atomic E-state index is 11.2. The summed E-state index contributed by atoms with van der Waals surface area (Å²) in [4.78, 5) is 11.2. The number of hydrogen-bond acceptors (Lipinski definition) is 4. The minimum atomic E-state index is -0.269. The van der Waals surface area contributed by atoms with Crippen molar-refractivity contribution in [2.75, 3.05) is 25.1 Å². The summed E-state index contributed by atoms with van der Waals surface area (Å²) in [5, 5.41) is 11.7. The van der Waals surface area contributed by atoms with Crippen molar-refractivity contribution >= 4 is 11.6 Å². The van der Waals surface area contributed by atoms with Gasteiger partial charge < -0.3 is 20.9 Å². The summed E-state index contributed by atoms with van der Waals surface area (Å²) >= 11 is 0. The van der Waals surface area contributed by atoms with E-state index in [2.05, 4.69) is 5.32 Å². The lowest BCUT2D eigenvalue weighted by molar-refractivity contribution is -0.120. The molecule has 4 N–H and O–H groups in total. The Balaban J connectivity index is 2.37. The number of rotatable bonds is 5. The SMILES string of the molecule is NCCOCC(=O)Nc1cccc(O)c1. The summed E-state index contributed by atoms with van der Waals surface area (Å²) in [7, 11) is 0. The molecule has 0 aliphatic rings. The maximum atomic E-state index is 11.2. The quantitative estimate of drug-likeness (QED) is 0.610. The number of nitrogens with two attached hydrogens (primary N) is 1. The predicted molar refractivity (Wildman–Crippen MR) is 56.6 cm³/mol. The minimum Gasteiger partial charge on any atom is -0.508 e. The Hall–Kier alpha value is -1.59. The van der Waals surface area contributed by atoms with E-state index in [1.54, 1.807) is 12.1 Å². The third-order valence-corrected chi connectivity index (χ3v) is 1.63. The number of phenolic OH excluding ortho intramolecular Hbond substituents is 1. The zero-order chi connectivity index (χ0) is 11.1. The molecule has 0 spiro atoms. The lowest BCUT2D eigenvalue weighted by Gasteiger charge is -2.05. The smallest absolute Gasteiger partial charge is 0.250 e. The van der Waals surface area contributed by atoms with Crippen molar-refractivity contribution in [3.8, 4) is 5.75 Å². The highest BCUT2D eigenvalue weighted by atomic mass is 16.5. The Kier molecular flexibility index (Phi) is 4.59. The molecule has 0 heterocycles. The van der Waals surface area contributed by atoms with E-state index >= 15 is 0 Å².